The van der Waals surface area contributed by atoms with Gasteiger partial charge in [-0.1, -0.05) is 30.3 Å². The monoisotopic (exact) mass is 236 g/mol. The van der Waals surface area contributed by atoms with Gasteiger partial charge >= 0.3 is 0 Å². The Morgan fingerprint density at radius 1 is 1.06 bits per heavy atom. The van der Waals surface area contributed by atoms with Crippen LogP contribution in [0.1, 0.15) is 5.56 Å². The first-order valence-corrected chi connectivity index (χ1v) is 5.01. The lowest BCUT2D eigenvalue weighted by Crippen LogP contribution is -1.98. The summed E-state index contributed by atoms with van der Waals surface area (Å²) in [6.07, 6.45) is 0. The molecular formula is C13H10F2O2. The van der Waals surface area contributed by atoms with Crippen LogP contribution >= 0.6 is 0 Å². The van der Waals surface area contributed by atoms with E-state index in [2.05, 4.69) is 0 Å². The van der Waals surface area contributed by atoms with Gasteiger partial charge in [0.2, 0.25) is 5.82 Å². The Labute approximate surface area is 97.1 Å². The minimum Gasteiger partial charge on any atom is -0.508 e. The third-order valence-corrected chi connectivity index (χ3v) is 2.22. The summed E-state index contributed by atoms with van der Waals surface area (Å²) in [5.74, 6) is -2.90. The maximum atomic E-state index is 13.3. The van der Waals surface area contributed by atoms with Crippen molar-refractivity contribution in [2.45, 2.75) is 6.61 Å². The van der Waals surface area contributed by atoms with Crippen molar-refractivity contribution in [3.8, 4) is 11.5 Å². The largest absolute Gasteiger partial charge is 0.508 e. The first-order valence-electron chi connectivity index (χ1n) is 5.01. The summed E-state index contributed by atoms with van der Waals surface area (Å²) >= 11 is 0. The van der Waals surface area contributed by atoms with Crippen LogP contribution in [-0.4, -0.2) is 5.11 Å². The average Bonchev–Trinajstić information content (AvgIpc) is 2.33. The highest BCUT2D eigenvalue weighted by molar-refractivity contribution is 5.34. The Balaban J connectivity index is 2.14. The number of rotatable bonds is 3. The molecule has 2 aromatic carbocycles. The number of halogens is 2. The Morgan fingerprint density at radius 2 is 1.76 bits per heavy atom. The molecule has 0 aliphatic heterocycles. The highest BCUT2D eigenvalue weighted by Gasteiger charge is 2.11. The molecule has 1 N–H and O–H groups in total. The van der Waals surface area contributed by atoms with Gasteiger partial charge in [0.25, 0.3) is 0 Å². The quantitative estimate of drug-likeness (QED) is 0.886. The first kappa shape index (κ1) is 11.4. The van der Waals surface area contributed by atoms with Crippen molar-refractivity contribution >= 4 is 0 Å². The van der Waals surface area contributed by atoms with E-state index in [4.69, 9.17) is 9.84 Å². The summed E-state index contributed by atoms with van der Waals surface area (Å²) in [4.78, 5) is 0. The molecule has 88 valence electrons. The van der Waals surface area contributed by atoms with Gasteiger partial charge in [0.15, 0.2) is 11.6 Å². The van der Waals surface area contributed by atoms with Crippen LogP contribution in [0.2, 0.25) is 0 Å². The predicted octanol–water partition coefficient (Wildman–Crippen LogP) is 3.25. The zero-order valence-corrected chi connectivity index (χ0v) is 8.86. The second-order valence-corrected chi connectivity index (χ2v) is 3.51. The topological polar surface area (TPSA) is 29.5 Å². The van der Waals surface area contributed by atoms with Crippen molar-refractivity contribution in [1.82, 2.24) is 0 Å². The first-order chi connectivity index (χ1) is 8.16. The van der Waals surface area contributed by atoms with Gasteiger partial charge in [-0.3, -0.25) is 0 Å². The van der Waals surface area contributed by atoms with Gasteiger partial charge in [-0.15, -0.1) is 0 Å². The van der Waals surface area contributed by atoms with Gasteiger partial charge in [0.05, 0.1) is 0 Å². The third-order valence-electron chi connectivity index (χ3n) is 2.22. The second kappa shape index (κ2) is 4.82. The van der Waals surface area contributed by atoms with E-state index in [1.807, 2.05) is 18.2 Å². The van der Waals surface area contributed by atoms with Gasteiger partial charge in [-0.25, -0.2) is 4.39 Å². The van der Waals surface area contributed by atoms with Gasteiger partial charge in [-0.05, 0) is 5.56 Å². The minimum absolute atomic E-state index is 0.112. The lowest BCUT2D eigenvalue weighted by molar-refractivity contribution is 0.282. The van der Waals surface area contributed by atoms with Crippen LogP contribution in [0.15, 0.2) is 42.5 Å². The molecule has 2 aromatic rings. The summed E-state index contributed by atoms with van der Waals surface area (Å²) in [6, 6.07) is 10.8. The smallest absolute Gasteiger partial charge is 0.200 e. The zero-order chi connectivity index (χ0) is 12.3. The molecule has 4 heteroatoms. The highest BCUT2D eigenvalue weighted by Crippen LogP contribution is 2.26. The molecule has 0 aliphatic rings. The normalized spacial score (nSPS) is 10.2. The van der Waals surface area contributed by atoms with Crippen molar-refractivity contribution < 1.29 is 18.6 Å². The summed E-state index contributed by atoms with van der Waals surface area (Å²) in [5.41, 5.74) is 0.829. The van der Waals surface area contributed by atoms with Crippen LogP contribution in [0, 0.1) is 11.6 Å². The maximum Gasteiger partial charge on any atom is 0.200 e. The van der Waals surface area contributed by atoms with E-state index in [-0.39, 0.29) is 18.1 Å². The second-order valence-electron chi connectivity index (χ2n) is 3.51. The van der Waals surface area contributed by atoms with Crippen LogP contribution in [-0.2, 0) is 6.61 Å². The summed E-state index contributed by atoms with van der Waals surface area (Å²) in [7, 11) is 0. The Kier molecular flexibility index (Phi) is 3.23. The number of aromatic hydroxyl groups is 1. The summed E-state index contributed by atoms with van der Waals surface area (Å²) in [6.45, 7) is 0.112. The van der Waals surface area contributed by atoms with Crippen LogP contribution in [0.3, 0.4) is 0 Å². The summed E-state index contributed by atoms with van der Waals surface area (Å²) in [5, 5.41) is 9.13. The molecule has 0 spiro atoms. The molecule has 2 nitrogen and oxygen atoms in total. The van der Waals surface area contributed by atoms with Gasteiger partial charge in [0, 0.05) is 12.1 Å². The van der Waals surface area contributed by atoms with Crippen molar-refractivity contribution in [1.29, 1.82) is 0 Å². The molecule has 17 heavy (non-hydrogen) atoms. The SMILES string of the molecule is Oc1cc(F)c(F)c(OCc2ccccc2)c1. The van der Waals surface area contributed by atoms with Gasteiger partial charge in [0.1, 0.15) is 12.4 Å². The fraction of sp³-hybridized carbons (Fsp3) is 0.0769. The number of hydrogen-bond donors (Lipinski definition) is 1. The fourth-order valence-electron chi connectivity index (χ4n) is 1.39. The molecule has 0 aliphatic carbocycles. The Morgan fingerprint density at radius 3 is 2.47 bits per heavy atom. The van der Waals surface area contributed by atoms with E-state index in [1.165, 1.54) is 0 Å². The van der Waals surface area contributed by atoms with Crippen LogP contribution in [0.5, 0.6) is 11.5 Å². The lowest BCUT2D eigenvalue weighted by Gasteiger charge is -2.08. The van der Waals surface area contributed by atoms with Crippen molar-refractivity contribution in [3.05, 3.63) is 59.7 Å². The highest BCUT2D eigenvalue weighted by atomic mass is 19.2. The predicted molar refractivity (Wildman–Crippen MR) is 58.8 cm³/mol. The van der Waals surface area contributed by atoms with E-state index >= 15 is 0 Å². The van der Waals surface area contributed by atoms with E-state index in [1.54, 1.807) is 12.1 Å². The number of phenols is 1. The van der Waals surface area contributed by atoms with Crippen molar-refractivity contribution in [2.75, 3.05) is 0 Å². The summed E-state index contributed by atoms with van der Waals surface area (Å²) < 4.78 is 31.3. The van der Waals surface area contributed by atoms with Crippen LogP contribution in [0.4, 0.5) is 8.78 Å². The van der Waals surface area contributed by atoms with Gasteiger partial charge in [-0.2, -0.15) is 4.39 Å². The van der Waals surface area contributed by atoms with Crippen LogP contribution in [0.25, 0.3) is 0 Å². The van der Waals surface area contributed by atoms with E-state index < -0.39 is 11.6 Å². The molecule has 0 saturated heterocycles. The molecule has 0 saturated carbocycles. The maximum absolute atomic E-state index is 13.3. The molecule has 0 radical (unpaired) electrons. The van der Waals surface area contributed by atoms with Crippen molar-refractivity contribution in [2.24, 2.45) is 0 Å². The number of ether oxygens (including phenoxy) is 1. The molecular weight excluding hydrogens is 226 g/mol. The molecule has 0 amide bonds. The van der Waals surface area contributed by atoms with E-state index in [9.17, 15) is 8.78 Å². The average molecular weight is 236 g/mol. The lowest BCUT2D eigenvalue weighted by atomic mass is 10.2. The fourth-order valence-corrected chi connectivity index (χ4v) is 1.39. The van der Waals surface area contributed by atoms with E-state index in [0.29, 0.717) is 6.07 Å². The molecule has 2 rings (SSSR count). The van der Waals surface area contributed by atoms with Gasteiger partial charge < -0.3 is 9.84 Å². The molecule has 0 unspecified atom stereocenters. The molecule has 0 fully saturated rings. The minimum atomic E-state index is -1.13. The Bertz CT molecular complexity index is 512. The molecule has 0 heterocycles. The molecule has 0 aromatic heterocycles. The van der Waals surface area contributed by atoms with Crippen molar-refractivity contribution in [3.63, 3.8) is 0 Å². The van der Waals surface area contributed by atoms with Crippen LogP contribution < -0.4 is 4.74 Å². The number of hydrogen-bond acceptors (Lipinski definition) is 2. The number of phenolic OH excluding ortho intramolecular Hbond substituents is 1. The number of benzene rings is 2. The molecule has 0 atom stereocenters. The standard InChI is InChI=1S/C13H10F2O2/c14-11-6-10(16)7-12(13(11)15)17-8-9-4-2-1-3-5-9/h1-7,16H,8H2. The Hall–Kier alpha value is -2.10. The molecule has 0 bridgehead atoms. The zero-order valence-electron chi connectivity index (χ0n) is 8.86. The van der Waals surface area contributed by atoms with E-state index in [0.717, 1.165) is 11.6 Å². The third kappa shape index (κ3) is 2.72.